The topological polar surface area (TPSA) is 66.9 Å². The molecule has 192 valence electrons. The van der Waals surface area contributed by atoms with E-state index in [1.165, 1.54) is 12.1 Å². The molecule has 2 saturated heterocycles. The number of likely N-dealkylation sites (tertiary alicyclic amines) is 1. The molecule has 2 atom stereocenters. The van der Waals surface area contributed by atoms with Crippen LogP contribution < -0.4 is 0 Å². The van der Waals surface area contributed by atoms with E-state index in [0.29, 0.717) is 44.3 Å². The SMILES string of the molecule is CCC(=O)N(C)[C@@H](Cc1ccc(F)cc1F)C1CCN(C(=O)[C@H]2CC(=O)OC23CCCCC3)CC1. The number of carbonyl (C=O) groups is 3. The highest BCUT2D eigenvalue weighted by molar-refractivity contribution is 5.88. The Kier molecular flexibility index (Phi) is 7.77. The van der Waals surface area contributed by atoms with E-state index in [-0.39, 0.29) is 36.2 Å². The molecule has 0 radical (unpaired) electrons. The van der Waals surface area contributed by atoms with Crippen molar-refractivity contribution in [1.29, 1.82) is 0 Å². The van der Waals surface area contributed by atoms with Gasteiger partial charge in [0, 0.05) is 38.7 Å². The molecule has 3 aliphatic rings. The maximum absolute atomic E-state index is 14.4. The Bertz CT molecular complexity index is 954. The monoisotopic (exact) mass is 490 g/mol. The van der Waals surface area contributed by atoms with Crippen LogP contribution in [0.4, 0.5) is 8.78 Å². The number of ether oxygens (including phenoxy) is 1. The molecule has 8 heteroatoms. The van der Waals surface area contributed by atoms with E-state index in [4.69, 9.17) is 4.74 Å². The average Bonchev–Trinajstić information content (AvgIpc) is 3.17. The molecule has 3 fully saturated rings. The Morgan fingerprint density at radius 1 is 1.17 bits per heavy atom. The van der Waals surface area contributed by atoms with Crippen LogP contribution in [0.15, 0.2) is 18.2 Å². The van der Waals surface area contributed by atoms with E-state index in [2.05, 4.69) is 0 Å². The number of rotatable bonds is 6. The van der Waals surface area contributed by atoms with Crippen LogP contribution in [0.1, 0.15) is 70.3 Å². The fourth-order valence-corrected chi connectivity index (χ4v) is 6.30. The van der Waals surface area contributed by atoms with Crippen LogP contribution in [-0.4, -0.2) is 59.4 Å². The molecule has 4 rings (SSSR count). The van der Waals surface area contributed by atoms with Gasteiger partial charge in [-0.3, -0.25) is 14.4 Å². The van der Waals surface area contributed by atoms with Crippen LogP contribution in [-0.2, 0) is 25.5 Å². The van der Waals surface area contributed by atoms with Gasteiger partial charge in [0.15, 0.2) is 0 Å². The summed E-state index contributed by atoms with van der Waals surface area (Å²) >= 11 is 0. The standard InChI is InChI=1S/C27H36F2N2O4/c1-3-24(32)30(2)23(15-19-7-8-20(28)16-22(19)29)18-9-13-31(14-10-18)26(34)21-17-25(33)35-27(21)11-5-4-6-12-27/h7-8,16,18,21,23H,3-6,9-15,17H2,1-2H3/t21-,23+/m1/s1. The van der Waals surface area contributed by atoms with Gasteiger partial charge in [0.05, 0.1) is 12.3 Å². The predicted octanol–water partition coefficient (Wildman–Crippen LogP) is 4.25. The molecule has 0 unspecified atom stereocenters. The van der Waals surface area contributed by atoms with Crippen molar-refractivity contribution in [3.05, 3.63) is 35.4 Å². The van der Waals surface area contributed by atoms with Crippen LogP contribution >= 0.6 is 0 Å². The highest BCUT2D eigenvalue weighted by Crippen LogP contribution is 2.45. The van der Waals surface area contributed by atoms with Crippen LogP contribution in [0.5, 0.6) is 0 Å². The van der Waals surface area contributed by atoms with Crippen molar-refractivity contribution >= 4 is 17.8 Å². The molecule has 0 N–H and O–H groups in total. The van der Waals surface area contributed by atoms with Gasteiger partial charge in [-0.25, -0.2) is 8.78 Å². The van der Waals surface area contributed by atoms with Crippen molar-refractivity contribution in [2.24, 2.45) is 11.8 Å². The summed E-state index contributed by atoms with van der Waals surface area (Å²) in [4.78, 5) is 41.7. The van der Waals surface area contributed by atoms with E-state index in [9.17, 15) is 23.2 Å². The zero-order chi connectivity index (χ0) is 25.2. The number of benzene rings is 1. The molecular formula is C27H36F2N2O4. The van der Waals surface area contributed by atoms with Gasteiger partial charge in [0.2, 0.25) is 11.8 Å². The molecule has 2 amide bonds. The number of likely N-dealkylation sites (N-methyl/N-ethyl adjacent to an activating group) is 1. The van der Waals surface area contributed by atoms with Crippen molar-refractivity contribution in [1.82, 2.24) is 9.80 Å². The molecule has 2 heterocycles. The summed E-state index contributed by atoms with van der Waals surface area (Å²) < 4.78 is 33.6. The first-order valence-corrected chi connectivity index (χ1v) is 12.9. The molecule has 0 aromatic heterocycles. The lowest BCUT2D eigenvalue weighted by molar-refractivity contribution is -0.156. The van der Waals surface area contributed by atoms with Crippen LogP contribution in [0.2, 0.25) is 0 Å². The van der Waals surface area contributed by atoms with Crippen molar-refractivity contribution in [2.45, 2.75) is 82.8 Å². The number of hydrogen-bond donors (Lipinski definition) is 0. The first-order chi connectivity index (χ1) is 16.7. The maximum Gasteiger partial charge on any atom is 0.307 e. The first kappa shape index (κ1) is 25.6. The van der Waals surface area contributed by atoms with Crippen molar-refractivity contribution in [3.8, 4) is 0 Å². The van der Waals surface area contributed by atoms with Crippen LogP contribution in [0, 0.1) is 23.5 Å². The number of piperidine rings is 1. The summed E-state index contributed by atoms with van der Waals surface area (Å²) in [6, 6.07) is 3.31. The van der Waals surface area contributed by atoms with Gasteiger partial charge in [0.25, 0.3) is 0 Å². The van der Waals surface area contributed by atoms with Crippen LogP contribution in [0.3, 0.4) is 0 Å². The van der Waals surface area contributed by atoms with E-state index >= 15 is 0 Å². The Hall–Kier alpha value is -2.51. The molecule has 6 nitrogen and oxygen atoms in total. The highest BCUT2D eigenvalue weighted by Gasteiger charge is 2.54. The van der Waals surface area contributed by atoms with Crippen molar-refractivity contribution in [3.63, 3.8) is 0 Å². The van der Waals surface area contributed by atoms with Gasteiger partial charge in [0.1, 0.15) is 17.2 Å². The highest BCUT2D eigenvalue weighted by atomic mass is 19.1. The summed E-state index contributed by atoms with van der Waals surface area (Å²) in [6.07, 6.45) is 6.68. The summed E-state index contributed by atoms with van der Waals surface area (Å²) in [5, 5.41) is 0. The van der Waals surface area contributed by atoms with E-state index < -0.39 is 23.2 Å². The summed E-state index contributed by atoms with van der Waals surface area (Å²) in [5.41, 5.74) is -0.258. The van der Waals surface area contributed by atoms with Gasteiger partial charge >= 0.3 is 5.97 Å². The zero-order valence-electron chi connectivity index (χ0n) is 20.7. The Morgan fingerprint density at radius 2 is 1.86 bits per heavy atom. The minimum Gasteiger partial charge on any atom is -0.458 e. The number of carbonyl (C=O) groups excluding carboxylic acids is 3. The molecule has 1 aromatic rings. The summed E-state index contributed by atoms with van der Waals surface area (Å²) in [6.45, 7) is 2.85. The van der Waals surface area contributed by atoms with Gasteiger partial charge < -0.3 is 14.5 Å². The number of halogens is 2. The molecule has 1 spiro atoms. The Labute approximate surface area is 206 Å². The van der Waals surface area contributed by atoms with Gasteiger partial charge in [-0.2, -0.15) is 0 Å². The fraction of sp³-hybridized carbons (Fsp3) is 0.667. The second-order valence-electron chi connectivity index (χ2n) is 10.4. The molecular weight excluding hydrogens is 454 g/mol. The molecule has 35 heavy (non-hydrogen) atoms. The molecule has 0 bridgehead atoms. The quantitative estimate of drug-likeness (QED) is 0.560. The van der Waals surface area contributed by atoms with Crippen LogP contribution in [0.25, 0.3) is 0 Å². The average molecular weight is 491 g/mol. The normalized spacial score (nSPS) is 23.3. The lowest BCUT2D eigenvalue weighted by Crippen LogP contribution is -2.52. The largest absolute Gasteiger partial charge is 0.458 e. The first-order valence-electron chi connectivity index (χ1n) is 12.9. The third-order valence-corrected chi connectivity index (χ3v) is 8.35. The minimum atomic E-state index is -0.639. The molecule has 1 saturated carbocycles. The molecule has 1 aromatic carbocycles. The number of esters is 1. The lowest BCUT2D eigenvalue weighted by Gasteiger charge is -2.42. The van der Waals surface area contributed by atoms with E-state index in [1.807, 2.05) is 4.90 Å². The predicted molar refractivity (Wildman–Crippen MR) is 126 cm³/mol. The van der Waals surface area contributed by atoms with Gasteiger partial charge in [-0.1, -0.05) is 19.4 Å². The second-order valence-corrected chi connectivity index (χ2v) is 10.4. The maximum atomic E-state index is 14.4. The van der Waals surface area contributed by atoms with Gasteiger partial charge in [-0.05, 0) is 62.5 Å². The van der Waals surface area contributed by atoms with Crippen molar-refractivity contribution < 1.29 is 27.9 Å². The number of hydrogen-bond acceptors (Lipinski definition) is 4. The Morgan fingerprint density at radius 3 is 2.49 bits per heavy atom. The van der Waals surface area contributed by atoms with E-state index in [0.717, 1.165) is 38.2 Å². The third-order valence-electron chi connectivity index (χ3n) is 8.35. The summed E-state index contributed by atoms with van der Waals surface area (Å²) in [5.74, 6) is -1.89. The second kappa shape index (κ2) is 10.6. The molecule has 2 aliphatic heterocycles. The zero-order valence-corrected chi connectivity index (χ0v) is 20.7. The van der Waals surface area contributed by atoms with Gasteiger partial charge in [-0.15, -0.1) is 0 Å². The summed E-state index contributed by atoms with van der Waals surface area (Å²) in [7, 11) is 1.74. The molecule has 1 aliphatic carbocycles. The minimum absolute atomic E-state index is 0.00434. The third kappa shape index (κ3) is 5.36. The van der Waals surface area contributed by atoms with Crippen molar-refractivity contribution in [2.75, 3.05) is 20.1 Å². The van der Waals surface area contributed by atoms with E-state index in [1.54, 1.807) is 18.9 Å². The lowest BCUT2D eigenvalue weighted by atomic mass is 9.75. The number of amides is 2. The smallest absolute Gasteiger partial charge is 0.307 e. The Balaban J connectivity index is 1.45. The number of nitrogens with zero attached hydrogens (tertiary/aromatic N) is 2. The fourth-order valence-electron chi connectivity index (χ4n) is 6.30.